The van der Waals surface area contributed by atoms with Crippen molar-refractivity contribution < 1.29 is 0 Å². The maximum atomic E-state index is 2.38. The molecule has 0 aromatic rings. The van der Waals surface area contributed by atoms with Crippen molar-refractivity contribution in [1.29, 1.82) is 0 Å². The zero-order chi connectivity index (χ0) is 12.5. The van der Waals surface area contributed by atoms with Crippen LogP contribution in [-0.4, -0.2) is 11.5 Å². The van der Waals surface area contributed by atoms with Gasteiger partial charge in [-0.3, -0.25) is 0 Å². The first kappa shape index (κ1) is 15.1. The summed E-state index contributed by atoms with van der Waals surface area (Å²) in [6.45, 7) is 7.02. The summed E-state index contributed by atoms with van der Waals surface area (Å²) in [5.41, 5.74) is 3.54. The number of rotatable bonds is 8. The molecule has 0 aromatic carbocycles. The average molecular weight is 254 g/mol. The lowest BCUT2D eigenvalue weighted by atomic mass is 9.86. The molecule has 0 N–H and O–H groups in total. The molecule has 1 aliphatic rings. The summed E-state index contributed by atoms with van der Waals surface area (Å²) in [4.78, 5) is 0. The van der Waals surface area contributed by atoms with E-state index >= 15 is 0 Å². The Balaban J connectivity index is 2.46. The molecular weight excluding hydrogens is 224 g/mol. The van der Waals surface area contributed by atoms with Crippen LogP contribution in [0.1, 0.15) is 72.1 Å². The van der Waals surface area contributed by atoms with Gasteiger partial charge in [-0.2, -0.15) is 11.8 Å². The number of unbranched alkanes of at least 4 members (excludes halogenated alkanes) is 3. The Morgan fingerprint density at radius 1 is 1.06 bits per heavy atom. The van der Waals surface area contributed by atoms with Gasteiger partial charge in [0, 0.05) is 5.75 Å². The summed E-state index contributed by atoms with van der Waals surface area (Å²) in [7, 11) is 0. The third-order valence-electron chi connectivity index (χ3n) is 3.96. The minimum absolute atomic E-state index is 0.907. The maximum Gasteiger partial charge on any atom is 0.0148 e. The summed E-state index contributed by atoms with van der Waals surface area (Å²) >= 11 is 2.15. The minimum Gasteiger partial charge on any atom is -0.157 e. The molecule has 17 heavy (non-hydrogen) atoms. The third kappa shape index (κ3) is 5.50. The lowest BCUT2D eigenvalue weighted by Crippen LogP contribution is -2.12. The van der Waals surface area contributed by atoms with Gasteiger partial charge in [-0.1, -0.05) is 57.1 Å². The van der Waals surface area contributed by atoms with E-state index in [1.54, 1.807) is 5.57 Å². The fourth-order valence-corrected chi connectivity index (χ4v) is 4.11. The first-order chi connectivity index (χ1) is 8.29. The van der Waals surface area contributed by atoms with Crippen LogP contribution in [0.25, 0.3) is 0 Å². The van der Waals surface area contributed by atoms with Crippen molar-refractivity contribution in [2.24, 2.45) is 5.92 Å². The molecule has 1 heteroatoms. The van der Waals surface area contributed by atoms with Crippen molar-refractivity contribution in [3.8, 4) is 0 Å². The quantitative estimate of drug-likeness (QED) is 0.388. The fourth-order valence-electron chi connectivity index (χ4n) is 2.82. The normalized spacial score (nSPS) is 18.5. The first-order valence-corrected chi connectivity index (χ1v) is 8.71. The standard InChI is InChI=1S/C16H30S/c1-4-6-7-8-10-15(9-5-2)16-13-17-12-11-14(16)3/h15H,4-13H2,1-3H3. The third-order valence-corrected chi connectivity index (χ3v) is 4.97. The van der Waals surface area contributed by atoms with Crippen molar-refractivity contribution in [3.63, 3.8) is 0 Å². The average Bonchev–Trinajstić information content (AvgIpc) is 2.34. The van der Waals surface area contributed by atoms with Crippen LogP contribution in [0.4, 0.5) is 0 Å². The molecule has 0 saturated carbocycles. The van der Waals surface area contributed by atoms with E-state index in [1.165, 1.54) is 62.9 Å². The predicted octanol–water partition coefficient (Wildman–Crippen LogP) is 5.83. The zero-order valence-corrected chi connectivity index (χ0v) is 12.9. The molecule has 0 radical (unpaired) electrons. The van der Waals surface area contributed by atoms with E-state index in [4.69, 9.17) is 0 Å². The van der Waals surface area contributed by atoms with Crippen LogP contribution in [0.5, 0.6) is 0 Å². The van der Waals surface area contributed by atoms with Gasteiger partial charge in [-0.25, -0.2) is 0 Å². The highest BCUT2D eigenvalue weighted by Crippen LogP contribution is 2.33. The van der Waals surface area contributed by atoms with Gasteiger partial charge in [0.15, 0.2) is 0 Å². The predicted molar refractivity (Wildman–Crippen MR) is 81.8 cm³/mol. The van der Waals surface area contributed by atoms with E-state index in [0.717, 1.165) is 5.92 Å². The van der Waals surface area contributed by atoms with Gasteiger partial charge >= 0.3 is 0 Å². The second-order valence-electron chi connectivity index (χ2n) is 5.44. The zero-order valence-electron chi connectivity index (χ0n) is 12.1. The number of hydrogen-bond acceptors (Lipinski definition) is 1. The number of allylic oxidation sites excluding steroid dienone is 1. The molecule has 0 spiro atoms. The lowest BCUT2D eigenvalue weighted by Gasteiger charge is -2.26. The van der Waals surface area contributed by atoms with Crippen LogP contribution in [0.2, 0.25) is 0 Å². The van der Waals surface area contributed by atoms with E-state index in [2.05, 4.69) is 32.5 Å². The SMILES string of the molecule is CCCCCCC(CCC)C1=C(C)CCSC1. The van der Waals surface area contributed by atoms with Crippen LogP contribution in [0.3, 0.4) is 0 Å². The van der Waals surface area contributed by atoms with Crippen molar-refractivity contribution in [2.75, 3.05) is 11.5 Å². The Hall–Kier alpha value is 0.0900. The Morgan fingerprint density at radius 3 is 2.53 bits per heavy atom. The van der Waals surface area contributed by atoms with Crippen LogP contribution < -0.4 is 0 Å². The topological polar surface area (TPSA) is 0 Å². The number of hydrogen-bond donors (Lipinski definition) is 0. The van der Waals surface area contributed by atoms with Gasteiger partial charge in [0.2, 0.25) is 0 Å². The van der Waals surface area contributed by atoms with Gasteiger partial charge in [-0.05, 0) is 37.9 Å². The summed E-state index contributed by atoms with van der Waals surface area (Å²) in [5, 5.41) is 0. The molecule has 0 nitrogen and oxygen atoms in total. The van der Waals surface area contributed by atoms with Crippen molar-refractivity contribution in [3.05, 3.63) is 11.1 Å². The highest BCUT2D eigenvalue weighted by molar-refractivity contribution is 7.99. The van der Waals surface area contributed by atoms with E-state index in [1.807, 2.05) is 5.57 Å². The molecule has 1 heterocycles. The summed E-state index contributed by atoms with van der Waals surface area (Å²) in [6.07, 6.45) is 11.2. The van der Waals surface area contributed by atoms with Gasteiger partial charge in [0.25, 0.3) is 0 Å². The lowest BCUT2D eigenvalue weighted by molar-refractivity contribution is 0.472. The molecule has 0 saturated heterocycles. The van der Waals surface area contributed by atoms with Crippen LogP contribution in [0, 0.1) is 5.92 Å². The Kier molecular flexibility index (Phi) is 8.09. The van der Waals surface area contributed by atoms with Gasteiger partial charge in [0.1, 0.15) is 0 Å². The molecule has 0 aromatic heterocycles. The maximum absolute atomic E-state index is 2.38. The Bertz CT molecular complexity index is 230. The fraction of sp³-hybridized carbons (Fsp3) is 0.875. The van der Waals surface area contributed by atoms with Gasteiger partial charge < -0.3 is 0 Å². The summed E-state index contributed by atoms with van der Waals surface area (Å²) < 4.78 is 0. The molecule has 1 unspecified atom stereocenters. The van der Waals surface area contributed by atoms with E-state index < -0.39 is 0 Å². The van der Waals surface area contributed by atoms with E-state index in [0.29, 0.717) is 0 Å². The highest BCUT2D eigenvalue weighted by atomic mass is 32.2. The molecular formula is C16H30S. The van der Waals surface area contributed by atoms with Gasteiger partial charge in [0.05, 0.1) is 0 Å². The van der Waals surface area contributed by atoms with Gasteiger partial charge in [-0.15, -0.1) is 0 Å². The summed E-state index contributed by atoms with van der Waals surface area (Å²) in [5.74, 6) is 3.58. The van der Waals surface area contributed by atoms with Crippen molar-refractivity contribution in [2.45, 2.75) is 72.1 Å². The van der Waals surface area contributed by atoms with Crippen LogP contribution in [0.15, 0.2) is 11.1 Å². The molecule has 1 rings (SSSR count). The highest BCUT2D eigenvalue weighted by Gasteiger charge is 2.18. The largest absolute Gasteiger partial charge is 0.157 e. The molecule has 100 valence electrons. The smallest absolute Gasteiger partial charge is 0.0148 e. The van der Waals surface area contributed by atoms with Crippen LogP contribution in [-0.2, 0) is 0 Å². The molecule has 0 aliphatic carbocycles. The van der Waals surface area contributed by atoms with Crippen molar-refractivity contribution in [1.82, 2.24) is 0 Å². The van der Waals surface area contributed by atoms with Crippen molar-refractivity contribution >= 4 is 11.8 Å². The Labute approximate surface area is 113 Å². The molecule has 0 amide bonds. The van der Waals surface area contributed by atoms with E-state index in [9.17, 15) is 0 Å². The molecule has 0 bridgehead atoms. The second kappa shape index (κ2) is 9.08. The summed E-state index contributed by atoms with van der Waals surface area (Å²) in [6, 6.07) is 0. The molecule has 0 fully saturated rings. The molecule has 1 atom stereocenters. The van der Waals surface area contributed by atoms with E-state index in [-0.39, 0.29) is 0 Å². The Morgan fingerprint density at radius 2 is 1.88 bits per heavy atom. The second-order valence-corrected chi connectivity index (χ2v) is 6.55. The monoisotopic (exact) mass is 254 g/mol. The molecule has 1 aliphatic heterocycles. The minimum atomic E-state index is 0.907. The number of thioether (sulfide) groups is 1. The first-order valence-electron chi connectivity index (χ1n) is 7.55. The van der Waals surface area contributed by atoms with Crippen LogP contribution >= 0.6 is 11.8 Å².